The van der Waals surface area contributed by atoms with Crippen molar-refractivity contribution in [1.29, 1.82) is 0 Å². The highest BCUT2D eigenvalue weighted by atomic mass is 32.2. The Balaban J connectivity index is 0.890. The van der Waals surface area contributed by atoms with E-state index in [2.05, 4.69) is 0 Å². The van der Waals surface area contributed by atoms with Crippen molar-refractivity contribution in [3.63, 3.8) is 0 Å². The Morgan fingerprint density at radius 1 is 0.576 bits per heavy atom. The third-order valence-electron chi connectivity index (χ3n) is 15.7. The summed E-state index contributed by atoms with van der Waals surface area (Å²) in [5, 5.41) is 8.87. The van der Waals surface area contributed by atoms with Crippen molar-refractivity contribution in [2.75, 3.05) is 67.1 Å². The Kier molecular flexibility index (Phi) is 16.3. The minimum atomic E-state index is -4.85. The molecule has 0 spiro atoms. The molecule has 4 aliphatic rings. The van der Waals surface area contributed by atoms with E-state index in [1.807, 2.05) is 47.2 Å². The van der Waals surface area contributed by atoms with Gasteiger partial charge in [-0.2, -0.15) is 0 Å². The molecule has 85 heavy (non-hydrogen) atoms. The van der Waals surface area contributed by atoms with Gasteiger partial charge in [0.05, 0.1) is 59.9 Å². The zero-order chi connectivity index (χ0) is 59.4. The lowest BCUT2D eigenvalue weighted by Gasteiger charge is -2.43. The summed E-state index contributed by atoms with van der Waals surface area (Å²) in [4.78, 5) is 111. The summed E-state index contributed by atoms with van der Waals surface area (Å²) in [5.74, 6) is -1.50. The molecule has 0 radical (unpaired) electrons. The van der Waals surface area contributed by atoms with Crippen LogP contribution in [0.3, 0.4) is 0 Å². The van der Waals surface area contributed by atoms with Gasteiger partial charge in [-0.25, -0.2) is 41.9 Å². The quantitative estimate of drug-likeness (QED) is 0.131. The van der Waals surface area contributed by atoms with Crippen molar-refractivity contribution in [3.8, 4) is 11.1 Å². The molecule has 4 heterocycles. The minimum Gasteiger partial charge on any atom is -0.480 e. The molecular formula is C64H61N9O11S. The Morgan fingerprint density at radius 2 is 1.13 bits per heavy atom. The molecule has 0 aliphatic carbocycles. The van der Waals surface area contributed by atoms with Crippen LogP contribution in [-0.4, -0.2) is 144 Å². The predicted octanol–water partition coefficient (Wildman–Crippen LogP) is 10.6. The second-order valence-corrected chi connectivity index (χ2v) is 22.7. The van der Waals surface area contributed by atoms with E-state index in [1.165, 1.54) is 36.3 Å². The number of carboxylic acids is 1. The fraction of sp³-hybridized carbons (Fsp3) is 0.234. The Bertz CT molecular complexity index is 3800. The molecule has 21 heteroatoms. The van der Waals surface area contributed by atoms with E-state index in [1.54, 1.807) is 150 Å². The summed E-state index contributed by atoms with van der Waals surface area (Å²) in [6.45, 7) is 0.624. The number of nitrogens with one attached hydrogen (secondary N) is 1. The van der Waals surface area contributed by atoms with Gasteiger partial charge in [0.2, 0.25) is 0 Å². The molecule has 434 valence electrons. The maximum absolute atomic E-state index is 15.4. The standard InChI is InChI=1S/C64H61N9O11S/c1-2-84-60(77)65-85(82,83)58-43-67(36-38-70(58)64(81)73-54-31-14-12-21-47(54)41-57(74)52-30-13-15-32-55(52)73)62(79)71(48-24-8-4-9-25-48)50-28-16-22-45(39-50)46-23-17-29-51(40-46)72(49-26-10-5-11-27-49)63(80)69-37-35-66(42-56(69)59(75)76)61(78)68-34-18-33-53(68)44-19-6-3-7-20-44/h3-17,19-32,39-40,53,56,58H,2,18,33-38,41-43H2,1H3,(H,65,77)(H,75,76)/t53-,56+,58-/m1/s1. The number of benzene rings is 7. The summed E-state index contributed by atoms with van der Waals surface area (Å²) < 4.78 is 36.0. The number of carbonyl (C=O) groups is 7. The third kappa shape index (κ3) is 11.6. The second kappa shape index (κ2) is 24.4. The van der Waals surface area contributed by atoms with Crippen LogP contribution in [0.2, 0.25) is 0 Å². The van der Waals surface area contributed by atoms with Crippen LogP contribution in [0.5, 0.6) is 0 Å². The molecular weight excluding hydrogens is 1100 g/mol. The number of carboxylic acid groups (broad SMARTS) is 1. The first-order valence-electron chi connectivity index (χ1n) is 28.0. The van der Waals surface area contributed by atoms with Gasteiger partial charge in [-0.15, -0.1) is 0 Å². The number of fused-ring (bicyclic) bond motifs is 2. The highest BCUT2D eigenvalue weighted by molar-refractivity contribution is 7.90. The number of amides is 9. The lowest BCUT2D eigenvalue weighted by molar-refractivity contribution is -0.143. The maximum Gasteiger partial charge on any atom is 0.420 e. The second-order valence-electron chi connectivity index (χ2n) is 20.9. The van der Waals surface area contributed by atoms with Crippen molar-refractivity contribution in [2.45, 2.75) is 43.6 Å². The summed E-state index contributed by atoms with van der Waals surface area (Å²) in [7, 11) is -4.85. The van der Waals surface area contributed by atoms with E-state index in [0.717, 1.165) is 23.3 Å². The van der Waals surface area contributed by atoms with E-state index >= 15 is 14.4 Å². The van der Waals surface area contributed by atoms with Gasteiger partial charge in [-0.05, 0) is 109 Å². The number of ketones is 1. The first-order valence-corrected chi connectivity index (χ1v) is 29.6. The maximum atomic E-state index is 15.4. The number of anilines is 6. The first-order chi connectivity index (χ1) is 41.2. The van der Waals surface area contributed by atoms with Crippen LogP contribution >= 0.6 is 0 Å². The van der Waals surface area contributed by atoms with Gasteiger partial charge in [-0.1, -0.05) is 121 Å². The number of hydrogen-bond acceptors (Lipinski definition) is 10. The van der Waals surface area contributed by atoms with Gasteiger partial charge in [0.1, 0.15) is 6.04 Å². The molecule has 11 rings (SSSR count). The number of sulfonamides is 1. The third-order valence-corrected chi connectivity index (χ3v) is 17.3. The van der Waals surface area contributed by atoms with E-state index in [9.17, 15) is 32.7 Å². The number of nitrogens with zero attached hydrogens (tertiary/aromatic N) is 8. The van der Waals surface area contributed by atoms with Crippen molar-refractivity contribution in [2.24, 2.45) is 0 Å². The molecule has 7 aromatic rings. The number of piperazine rings is 2. The Hall–Kier alpha value is -10.0. The monoisotopic (exact) mass is 1160 g/mol. The normalized spacial score (nSPS) is 17.7. The molecule has 4 aliphatic heterocycles. The Morgan fingerprint density at radius 3 is 1.76 bits per heavy atom. The summed E-state index contributed by atoms with van der Waals surface area (Å²) in [6, 6.07) is 51.0. The molecule has 9 amide bonds. The molecule has 7 aromatic carbocycles. The molecule has 0 saturated carbocycles. The first kappa shape index (κ1) is 56.8. The van der Waals surface area contributed by atoms with Crippen LogP contribution in [0.4, 0.5) is 58.1 Å². The number of para-hydroxylation sites is 4. The highest BCUT2D eigenvalue weighted by Crippen LogP contribution is 2.40. The summed E-state index contributed by atoms with van der Waals surface area (Å²) >= 11 is 0. The van der Waals surface area contributed by atoms with Crippen molar-refractivity contribution in [1.82, 2.24) is 29.2 Å². The molecule has 0 aromatic heterocycles. The van der Waals surface area contributed by atoms with Gasteiger partial charge in [0, 0.05) is 44.7 Å². The number of likely N-dealkylation sites (tertiary alicyclic amines) is 1. The average molecular weight is 1160 g/mol. The molecule has 20 nitrogen and oxygen atoms in total. The topological polar surface area (TPSA) is 221 Å². The zero-order valence-corrected chi connectivity index (χ0v) is 47.2. The predicted molar refractivity (Wildman–Crippen MR) is 320 cm³/mol. The van der Waals surface area contributed by atoms with Crippen molar-refractivity contribution >= 4 is 86.1 Å². The van der Waals surface area contributed by atoms with E-state index in [-0.39, 0.29) is 74.9 Å². The molecule has 0 unspecified atom stereocenters. The van der Waals surface area contributed by atoms with Crippen LogP contribution in [0.1, 0.15) is 47.3 Å². The van der Waals surface area contributed by atoms with Crippen molar-refractivity contribution in [3.05, 3.63) is 205 Å². The molecule has 3 saturated heterocycles. The number of urea groups is 4. The fourth-order valence-corrected chi connectivity index (χ4v) is 13.0. The molecule has 2 N–H and O–H groups in total. The summed E-state index contributed by atoms with van der Waals surface area (Å²) in [5.41, 5.74) is 5.24. The van der Waals surface area contributed by atoms with Crippen molar-refractivity contribution < 1.29 is 51.8 Å². The van der Waals surface area contributed by atoms with Crippen LogP contribution in [0.15, 0.2) is 188 Å². The molecule has 3 fully saturated rings. The number of ether oxygens (including phenoxy) is 1. The SMILES string of the molecule is CCOC(=O)NS(=O)(=O)[C@@H]1CN(C(=O)N(c2ccccc2)c2cccc(-c3cccc(N(C(=O)N4CCN(C(=O)N5CCC[C@@H]5c5ccccc5)C[C@H]4C(=O)O)c4ccccc4)c3)c2)CCN1C(=O)N1c2ccccc2CC(=O)c2ccccc21. The van der Waals surface area contributed by atoms with Gasteiger partial charge in [-0.3, -0.25) is 19.5 Å². The average Bonchev–Trinajstić information content (AvgIpc) is 3.81. The van der Waals surface area contributed by atoms with Crippen LogP contribution in [0, 0.1) is 0 Å². The smallest absolute Gasteiger partial charge is 0.420 e. The molecule has 3 atom stereocenters. The van der Waals surface area contributed by atoms with Gasteiger partial charge >= 0.3 is 36.2 Å². The van der Waals surface area contributed by atoms with Gasteiger partial charge in [0.25, 0.3) is 10.0 Å². The molecule has 0 bridgehead atoms. The van der Waals surface area contributed by atoms with Crippen LogP contribution < -0.4 is 19.4 Å². The largest absolute Gasteiger partial charge is 0.480 e. The number of Topliss-reactive ketones (excluding diaryl/α,β-unsaturated/α-hetero) is 1. The Labute approximate surface area is 491 Å². The highest BCUT2D eigenvalue weighted by Gasteiger charge is 2.47. The van der Waals surface area contributed by atoms with Crippen LogP contribution in [0.25, 0.3) is 11.1 Å². The van der Waals surface area contributed by atoms with Gasteiger partial charge in [0.15, 0.2) is 11.2 Å². The zero-order valence-electron chi connectivity index (χ0n) is 46.4. The minimum absolute atomic E-state index is 0.0209. The summed E-state index contributed by atoms with van der Waals surface area (Å²) in [6.07, 6.45) is 0.291. The lowest BCUT2D eigenvalue weighted by Crippen LogP contribution is -2.64. The number of rotatable bonds is 10. The number of carbonyl (C=O) groups excluding carboxylic acids is 6. The fourth-order valence-electron chi connectivity index (χ4n) is 11.7. The number of aliphatic carboxylic acids is 1. The van der Waals surface area contributed by atoms with Gasteiger partial charge < -0.3 is 34.3 Å². The number of hydrogen-bond donors (Lipinski definition) is 2. The van der Waals surface area contributed by atoms with E-state index in [4.69, 9.17) is 4.74 Å². The van der Waals surface area contributed by atoms with E-state index in [0.29, 0.717) is 51.7 Å². The van der Waals surface area contributed by atoms with Crippen LogP contribution in [-0.2, 0) is 26.0 Å². The van der Waals surface area contributed by atoms with E-state index < -0.39 is 58.1 Å². The lowest BCUT2D eigenvalue weighted by atomic mass is 10.0.